The van der Waals surface area contributed by atoms with Gasteiger partial charge in [0.25, 0.3) is 0 Å². The Balaban J connectivity index is 2.01. The molecule has 0 spiro atoms. The maximum absolute atomic E-state index is 12.3. The molecule has 4 heteroatoms. The molecule has 0 bridgehead atoms. The molecule has 1 saturated carbocycles. The molecule has 19 heavy (non-hydrogen) atoms. The average Bonchev–Trinajstić information content (AvgIpc) is 2.46. The fraction of sp³-hybridized carbons (Fsp3) is 0.533. The molecule has 1 fully saturated rings. The number of hydrogen-bond acceptors (Lipinski definition) is 3. The summed E-state index contributed by atoms with van der Waals surface area (Å²) < 4.78 is 0. The summed E-state index contributed by atoms with van der Waals surface area (Å²) in [6.07, 6.45) is 7.93. The summed E-state index contributed by atoms with van der Waals surface area (Å²) in [6.45, 7) is 2.44. The van der Waals surface area contributed by atoms with Crippen LogP contribution in [-0.4, -0.2) is 10.9 Å². The molecule has 1 heterocycles. The second-order valence-electron chi connectivity index (χ2n) is 5.24. The number of nitriles is 1. The van der Waals surface area contributed by atoms with E-state index >= 15 is 0 Å². The number of pyridine rings is 1. The minimum atomic E-state index is -0.806. The number of amides is 1. The Hall–Kier alpha value is -1.89. The van der Waals surface area contributed by atoms with E-state index in [4.69, 9.17) is 0 Å². The second-order valence-corrected chi connectivity index (χ2v) is 5.24. The van der Waals surface area contributed by atoms with E-state index in [0.717, 1.165) is 30.4 Å². The Kier molecular flexibility index (Phi) is 4.16. The Labute approximate surface area is 113 Å². The molecule has 0 atom stereocenters. The number of nitrogens with zero attached hydrogens (tertiary/aromatic N) is 2. The first-order chi connectivity index (χ1) is 9.18. The number of carbonyl (C=O) groups is 1. The van der Waals surface area contributed by atoms with Crippen LogP contribution in [0.25, 0.3) is 0 Å². The molecule has 1 aliphatic rings. The van der Waals surface area contributed by atoms with Gasteiger partial charge in [-0.15, -0.1) is 0 Å². The van der Waals surface area contributed by atoms with Crippen molar-refractivity contribution in [3.05, 3.63) is 29.6 Å². The predicted octanol–water partition coefficient (Wildman–Crippen LogP) is 2.48. The molecule has 0 saturated heterocycles. The largest absolute Gasteiger partial charge is 0.351 e. The summed E-state index contributed by atoms with van der Waals surface area (Å²) in [5.74, 6) is -0.120. The van der Waals surface area contributed by atoms with Crippen LogP contribution in [0.1, 0.15) is 43.2 Å². The van der Waals surface area contributed by atoms with Crippen LogP contribution in [0.5, 0.6) is 0 Å². The van der Waals surface area contributed by atoms with Gasteiger partial charge in [0, 0.05) is 18.9 Å². The van der Waals surface area contributed by atoms with Gasteiger partial charge in [-0.2, -0.15) is 5.26 Å². The van der Waals surface area contributed by atoms with E-state index < -0.39 is 5.41 Å². The van der Waals surface area contributed by atoms with Crippen molar-refractivity contribution >= 4 is 5.91 Å². The summed E-state index contributed by atoms with van der Waals surface area (Å²) in [5.41, 5.74) is 1.30. The molecule has 1 aliphatic carbocycles. The van der Waals surface area contributed by atoms with Gasteiger partial charge < -0.3 is 5.32 Å². The van der Waals surface area contributed by atoms with E-state index in [1.54, 1.807) is 12.4 Å². The Morgan fingerprint density at radius 2 is 2.21 bits per heavy atom. The number of rotatable bonds is 3. The van der Waals surface area contributed by atoms with Gasteiger partial charge >= 0.3 is 0 Å². The van der Waals surface area contributed by atoms with Crippen LogP contribution >= 0.6 is 0 Å². The summed E-state index contributed by atoms with van der Waals surface area (Å²) in [5, 5.41) is 12.3. The Bertz CT molecular complexity index is 498. The molecular formula is C15H19N3O. The lowest BCUT2D eigenvalue weighted by Gasteiger charge is -2.29. The lowest BCUT2D eigenvalue weighted by atomic mass is 9.74. The van der Waals surface area contributed by atoms with Gasteiger partial charge in [0.05, 0.1) is 6.07 Å². The van der Waals surface area contributed by atoms with Gasteiger partial charge in [0.1, 0.15) is 5.41 Å². The molecule has 2 rings (SSSR count). The fourth-order valence-corrected chi connectivity index (χ4v) is 2.59. The predicted molar refractivity (Wildman–Crippen MR) is 72.0 cm³/mol. The van der Waals surface area contributed by atoms with Crippen LogP contribution in [0, 0.1) is 23.7 Å². The van der Waals surface area contributed by atoms with Crippen LogP contribution in [0.3, 0.4) is 0 Å². The van der Waals surface area contributed by atoms with Crippen LogP contribution in [0.2, 0.25) is 0 Å². The number of aromatic nitrogens is 1. The molecule has 1 amide bonds. The highest BCUT2D eigenvalue weighted by Crippen LogP contribution is 2.35. The molecule has 100 valence electrons. The second kappa shape index (κ2) is 5.83. The topological polar surface area (TPSA) is 65.8 Å². The lowest BCUT2D eigenvalue weighted by Crippen LogP contribution is -2.41. The van der Waals surface area contributed by atoms with Gasteiger partial charge in [-0.05, 0) is 37.0 Å². The van der Waals surface area contributed by atoms with Crippen molar-refractivity contribution < 1.29 is 4.79 Å². The molecule has 1 N–H and O–H groups in total. The van der Waals surface area contributed by atoms with Crippen LogP contribution in [-0.2, 0) is 11.3 Å². The average molecular weight is 257 g/mol. The molecule has 1 aromatic rings. The Morgan fingerprint density at radius 1 is 1.47 bits per heavy atom. The summed E-state index contributed by atoms with van der Waals surface area (Å²) >= 11 is 0. The van der Waals surface area contributed by atoms with Gasteiger partial charge in [-0.3, -0.25) is 9.78 Å². The third kappa shape index (κ3) is 2.93. The van der Waals surface area contributed by atoms with Crippen LogP contribution in [0.15, 0.2) is 18.5 Å². The van der Waals surface area contributed by atoms with Crippen molar-refractivity contribution in [1.29, 1.82) is 5.26 Å². The molecule has 4 nitrogen and oxygen atoms in total. The number of aryl methyl sites for hydroxylation is 1. The number of carbonyl (C=O) groups excluding carboxylic acids is 1. The molecular weight excluding hydrogens is 238 g/mol. The number of nitrogens with one attached hydrogen (secondary N) is 1. The van der Waals surface area contributed by atoms with E-state index in [1.165, 1.54) is 0 Å². The normalized spacial score (nSPS) is 17.5. The molecule has 0 aliphatic heterocycles. The molecule has 0 unspecified atom stereocenters. The fourth-order valence-electron chi connectivity index (χ4n) is 2.59. The summed E-state index contributed by atoms with van der Waals surface area (Å²) in [7, 11) is 0. The Morgan fingerprint density at radius 3 is 2.84 bits per heavy atom. The van der Waals surface area contributed by atoms with Crippen molar-refractivity contribution in [3.8, 4) is 6.07 Å². The minimum Gasteiger partial charge on any atom is -0.351 e. The first-order valence-electron chi connectivity index (χ1n) is 6.77. The SMILES string of the molecule is Cc1cnccc1CNC(=O)C1(C#N)CCCCC1. The lowest BCUT2D eigenvalue weighted by molar-refractivity contribution is -0.129. The van der Waals surface area contributed by atoms with Crippen molar-refractivity contribution in [3.63, 3.8) is 0 Å². The van der Waals surface area contributed by atoms with E-state index in [-0.39, 0.29) is 5.91 Å². The zero-order chi connectivity index (χ0) is 13.7. The number of hydrogen-bond donors (Lipinski definition) is 1. The quantitative estimate of drug-likeness (QED) is 0.904. The monoisotopic (exact) mass is 257 g/mol. The van der Waals surface area contributed by atoms with E-state index in [1.807, 2.05) is 13.0 Å². The van der Waals surface area contributed by atoms with E-state index in [2.05, 4.69) is 16.4 Å². The summed E-state index contributed by atoms with van der Waals surface area (Å²) in [4.78, 5) is 16.3. The highest BCUT2D eigenvalue weighted by atomic mass is 16.2. The smallest absolute Gasteiger partial charge is 0.240 e. The third-order valence-electron chi connectivity index (χ3n) is 3.93. The van der Waals surface area contributed by atoms with E-state index in [9.17, 15) is 10.1 Å². The van der Waals surface area contributed by atoms with Crippen LogP contribution < -0.4 is 5.32 Å². The maximum atomic E-state index is 12.3. The van der Waals surface area contributed by atoms with Crippen molar-refractivity contribution in [2.75, 3.05) is 0 Å². The first-order valence-corrected chi connectivity index (χ1v) is 6.77. The standard InChI is InChI=1S/C15H19N3O/c1-12-9-17-8-5-13(12)10-18-14(19)15(11-16)6-3-2-4-7-15/h5,8-9H,2-4,6-7,10H2,1H3,(H,18,19). The minimum absolute atomic E-state index is 0.120. The van der Waals surface area contributed by atoms with E-state index in [0.29, 0.717) is 19.4 Å². The van der Waals surface area contributed by atoms with Crippen molar-refractivity contribution in [2.45, 2.75) is 45.6 Å². The zero-order valence-corrected chi connectivity index (χ0v) is 11.3. The molecule has 1 aromatic heterocycles. The van der Waals surface area contributed by atoms with Crippen molar-refractivity contribution in [1.82, 2.24) is 10.3 Å². The molecule has 0 aromatic carbocycles. The zero-order valence-electron chi connectivity index (χ0n) is 11.3. The summed E-state index contributed by atoms with van der Waals surface area (Å²) in [6, 6.07) is 4.14. The highest BCUT2D eigenvalue weighted by molar-refractivity contribution is 5.85. The van der Waals surface area contributed by atoms with Gasteiger partial charge in [0.15, 0.2) is 0 Å². The van der Waals surface area contributed by atoms with Crippen LogP contribution in [0.4, 0.5) is 0 Å². The van der Waals surface area contributed by atoms with Gasteiger partial charge in [-0.25, -0.2) is 0 Å². The van der Waals surface area contributed by atoms with Gasteiger partial charge in [0.2, 0.25) is 5.91 Å². The van der Waals surface area contributed by atoms with Gasteiger partial charge in [-0.1, -0.05) is 19.3 Å². The van der Waals surface area contributed by atoms with Crippen molar-refractivity contribution in [2.24, 2.45) is 5.41 Å². The first kappa shape index (κ1) is 13.5. The third-order valence-corrected chi connectivity index (χ3v) is 3.93. The molecule has 0 radical (unpaired) electrons. The highest BCUT2D eigenvalue weighted by Gasteiger charge is 2.39. The maximum Gasteiger partial charge on any atom is 0.240 e.